The molecule has 69 heavy (non-hydrogen) atoms. The summed E-state index contributed by atoms with van der Waals surface area (Å²) in [5, 5.41) is 15.9. The Balaban J connectivity index is 1.94. The van der Waals surface area contributed by atoms with Gasteiger partial charge in [0.15, 0.2) is 11.9 Å². The van der Waals surface area contributed by atoms with Crippen LogP contribution in [0.1, 0.15) is 78.7 Å². The van der Waals surface area contributed by atoms with Gasteiger partial charge >= 0.3 is 0 Å². The van der Waals surface area contributed by atoms with Crippen LogP contribution in [0.5, 0.6) is 0 Å². The highest BCUT2D eigenvalue weighted by molar-refractivity contribution is 5.98. The Labute approximate surface area is 404 Å². The minimum atomic E-state index is -1.38. The Bertz CT molecular complexity index is 2330. The minimum absolute atomic E-state index is 0.0193. The highest BCUT2D eigenvalue weighted by Gasteiger charge is 2.33. The molecule has 1 unspecified atom stereocenters. The third-order valence-electron chi connectivity index (χ3n) is 10.2. The molecule has 0 radical (unpaired) electrons. The molecule has 0 saturated carbocycles. The van der Waals surface area contributed by atoms with Crippen LogP contribution in [0.2, 0.25) is 0 Å². The van der Waals surface area contributed by atoms with E-state index < -0.39 is 90.7 Å². The minimum Gasteiger partial charge on any atom is -0.370 e. The molecule has 372 valence electrons. The first-order valence-electron chi connectivity index (χ1n) is 23.5. The summed E-state index contributed by atoms with van der Waals surface area (Å²) in [6.07, 6.45) is 1.63. The zero-order valence-corrected chi connectivity index (χ0v) is 38.8. The van der Waals surface area contributed by atoms with E-state index >= 15 is 0 Å². The largest absolute Gasteiger partial charge is 0.370 e. The fraction of sp³-hybridized carbons (Fsp3) is 0.396. The summed E-state index contributed by atoms with van der Waals surface area (Å²) in [5.74, 6) is -6.48. The molecule has 3 rings (SSSR count). The van der Waals surface area contributed by atoms with E-state index in [0.717, 1.165) is 5.56 Å². The van der Waals surface area contributed by atoms with Crippen LogP contribution in [0.3, 0.4) is 0 Å². The fourth-order valence-electron chi connectivity index (χ4n) is 6.76. The van der Waals surface area contributed by atoms with E-state index in [9.17, 15) is 38.0 Å². The van der Waals surface area contributed by atoms with Crippen LogP contribution in [0, 0.1) is 11.7 Å². The molecule has 0 saturated heterocycles. The number of nitrogens with one attached hydrogen (secondary N) is 6. The molecule has 16 N–H and O–H groups in total. The molecule has 0 aliphatic heterocycles. The van der Waals surface area contributed by atoms with Crippen LogP contribution in [-0.2, 0) is 46.4 Å². The zero-order chi connectivity index (χ0) is 52.5. The average molecular weight is 960 g/mol. The van der Waals surface area contributed by atoms with Gasteiger partial charge in [-0.05, 0) is 85.1 Å². The smallest absolute Gasteiger partial charge is 0.244 e. The second kappa shape index (κ2) is 29.0. The lowest BCUT2D eigenvalue weighted by Crippen LogP contribution is -2.59. The molecule has 3 aromatic carbocycles. The lowest BCUT2D eigenvalue weighted by molar-refractivity contribution is -0.135. The number of aliphatic imine (C=N–C) groups is 2. The van der Waals surface area contributed by atoms with Crippen LogP contribution in [-0.4, -0.2) is 96.6 Å². The Kier molecular flexibility index (Phi) is 21.9. The predicted octanol–water partition coefficient (Wildman–Crippen LogP) is 0.545. The van der Waals surface area contributed by atoms with E-state index in [0.29, 0.717) is 16.8 Å². The summed E-state index contributed by atoms with van der Waals surface area (Å²) in [6, 6.07) is 14.2. The molecule has 0 aliphatic rings. The molecule has 0 aliphatic carbocycles. The molecule has 6 atom stereocenters. The maximum Gasteiger partial charge on any atom is 0.244 e. The zero-order valence-electron chi connectivity index (χ0n) is 40.8. The number of carbonyl (C=O) groups is 7. The highest BCUT2D eigenvalue weighted by Crippen LogP contribution is 2.16. The number of hydrogen-bond donors (Lipinski definition) is 11. The number of benzene rings is 3. The van der Waals surface area contributed by atoms with Gasteiger partial charge in [-0.15, -0.1) is 0 Å². The van der Waals surface area contributed by atoms with Crippen molar-refractivity contribution >= 4 is 65.0 Å². The SMILES string of the molecule is [3H]CC([3H])C(=O)NCCC[C@H](NC(=O)[C@H](CCCN=C(N)N)NC(=O)[C@H](CC(C)C)NC(=O)[C@H](Cc1ccc(N=C(N)N)cc1)NC(=O)[C@H](Cc1ccc(F)cc1)NC(=O)/C=C/c1ccccc1)C(N)=O. The standard InChI is InChI=1S/C48H66FN13O7/c1-4-40(63)55-24-8-12-35(42(50)65)59-43(66)36(13-9-25-56-47(51)52)60-44(67)37(26-29(2)3)61-46(69)39(28-32-16-21-34(22-17-32)57-48(53)54)62-45(68)38(27-31-14-19-33(49)20-15-31)58-41(64)23-18-30-10-6-5-7-11-30/h5-7,10-11,14-23,29,35-39H,4,8-9,12-13,24-28H2,1-3H3,(H2,50,65)(H,55,63)(H,58,64)(H,59,66)(H,60,67)(H,61,69)(H,62,68)(H4,51,52,56)(H4,53,54,57)/b23-18+/t35-,36-,37-,38-,39-/m0/s1/i1T,4T/t4?,35-,36-,37-,38-,39-. The number of carbonyl (C=O) groups excluding carboxylic acids is 7. The third kappa shape index (κ3) is 21.6. The van der Waals surface area contributed by atoms with Gasteiger partial charge in [-0.3, -0.25) is 38.6 Å². The maximum atomic E-state index is 14.5. The predicted molar refractivity (Wildman–Crippen MR) is 262 cm³/mol. The van der Waals surface area contributed by atoms with Crippen LogP contribution in [0.15, 0.2) is 94.9 Å². The molecule has 0 heterocycles. The number of rotatable bonds is 28. The van der Waals surface area contributed by atoms with E-state index in [1.54, 1.807) is 68.5 Å². The molecule has 21 heteroatoms. The monoisotopic (exact) mass is 960 g/mol. The number of guanidine groups is 2. The molecule has 20 nitrogen and oxygen atoms in total. The second-order valence-corrected chi connectivity index (χ2v) is 16.4. The van der Waals surface area contributed by atoms with Gasteiger partial charge in [-0.25, -0.2) is 9.38 Å². The van der Waals surface area contributed by atoms with E-state index in [-0.39, 0.29) is 75.9 Å². The van der Waals surface area contributed by atoms with Crippen LogP contribution < -0.4 is 60.6 Å². The summed E-state index contributed by atoms with van der Waals surface area (Å²) in [7, 11) is 0. The molecule has 0 spiro atoms. The second-order valence-electron chi connectivity index (χ2n) is 16.4. The van der Waals surface area contributed by atoms with Crippen LogP contribution in [0.25, 0.3) is 6.08 Å². The molecule has 0 fully saturated rings. The number of halogens is 1. The number of primary amides is 1. The van der Waals surface area contributed by atoms with Crippen molar-refractivity contribution in [2.24, 2.45) is 44.6 Å². The molecular formula is C48H66FN13O7. The number of nitrogens with zero attached hydrogens (tertiary/aromatic N) is 2. The third-order valence-corrected chi connectivity index (χ3v) is 10.2. The quantitative estimate of drug-likeness (QED) is 0.0207. The van der Waals surface area contributed by atoms with Gasteiger partial charge in [0, 0.05) is 41.1 Å². The van der Waals surface area contributed by atoms with Gasteiger partial charge < -0.3 is 60.6 Å². The number of hydrogen-bond acceptors (Lipinski definition) is 9. The topological polar surface area (TPSA) is 346 Å². The van der Waals surface area contributed by atoms with Crippen molar-refractivity contribution in [2.75, 3.05) is 13.1 Å². The summed E-state index contributed by atoms with van der Waals surface area (Å²) in [4.78, 5) is 103. The van der Waals surface area contributed by atoms with E-state index in [1.165, 1.54) is 30.3 Å². The first-order valence-corrected chi connectivity index (χ1v) is 22.3. The Morgan fingerprint density at radius 2 is 1.20 bits per heavy atom. The van der Waals surface area contributed by atoms with Gasteiger partial charge in [0.1, 0.15) is 36.0 Å². The Morgan fingerprint density at radius 3 is 1.78 bits per heavy atom. The highest BCUT2D eigenvalue weighted by atomic mass is 19.1. The Hall–Kier alpha value is -7.84. The van der Waals surface area contributed by atoms with Crippen molar-refractivity contribution in [3.63, 3.8) is 0 Å². The molecule has 7 amide bonds. The van der Waals surface area contributed by atoms with E-state index in [1.807, 2.05) is 6.07 Å². The summed E-state index contributed by atoms with van der Waals surface area (Å²) >= 11 is 0. The van der Waals surface area contributed by atoms with Gasteiger partial charge in [0.2, 0.25) is 41.4 Å². The summed E-state index contributed by atoms with van der Waals surface area (Å²) < 4.78 is 28.7. The number of amides is 7. The van der Waals surface area contributed by atoms with Crippen molar-refractivity contribution < 1.29 is 40.7 Å². The van der Waals surface area contributed by atoms with Gasteiger partial charge in [0.05, 0.1) is 5.69 Å². The molecule has 0 bridgehead atoms. The molecule has 3 aromatic rings. The molecule has 0 aromatic heterocycles. The van der Waals surface area contributed by atoms with Gasteiger partial charge in [-0.2, -0.15) is 0 Å². The van der Waals surface area contributed by atoms with E-state index in [2.05, 4.69) is 41.9 Å². The first kappa shape index (κ1) is 52.1. The lowest BCUT2D eigenvalue weighted by Gasteiger charge is -2.28. The van der Waals surface area contributed by atoms with Gasteiger partial charge in [0.25, 0.3) is 0 Å². The summed E-state index contributed by atoms with van der Waals surface area (Å²) in [5.41, 5.74) is 29.8. The van der Waals surface area contributed by atoms with Gasteiger partial charge in [-0.1, -0.05) is 75.3 Å². The van der Waals surface area contributed by atoms with Crippen molar-refractivity contribution in [1.82, 2.24) is 31.9 Å². The van der Waals surface area contributed by atoms with Crippen molar-refractivity contribution in [3.05, 3.63) is 107 Å². The Morgan fingerprint density at radius 1 is 0.667 bits per heavy atom. The fourth-order valence-corrected chi connectivity index (χ4v) is 6.76. The summed E-state index contributed by atoms with van der Waals surface area (Å²) in [6.45, 7) is 3.27. The number of nitrogens with two attached hydrogens (primary N) is 5. The maximum absolute atomic E-state index is 14.5. The van der Waals surface area contributed by atoms with E-state index in [4.69, 9.17) is 31.4 Å². The van der Waals surface area contributed by atoms with Crippen molar-refractivity contribution in [2.45, 2.75) is 102 Å². The van der Waals surface area contributed by atoms with Crippen LogP contribution in [0.4, 0.5) is 10.1 Å². The van der Waals surface area contributed by atoms with Crippen molar-refractivity contribution in [3.8, 4) is 0 Å². The molecular weight excluding hydrogens is 890 g/mol. The van der Waals surface area contributed by atoms with Crippen LogP contribution >= 0.6 is 0 Å². The normalized spacial score (nSPS) is 14.0. The van der Waals surface area contributed by atoms with Crippen molar-refractivity contribution in [1.29, 1.82) is 0 Å². The average Bonchev–Trinajstić information content (AvgIpc) is 3.32. The lowest BCUT2D eigenvalue weighted by atomic mass is 9.99. The first-order chi connectivity index (χ1) is 33.7.